The Morgan fingerprint density at radius 1 is 1.21 bits per heavy atom. The average Bonchev–Trinajstić information content (AvgIpc) is 3.32. The maximum absolute atomic E-state index is 10.6. The van der Waals surface area contributed by atoms with Gasteiger partial charge in [0.25, 0.3) is 0 Å². The summed E-state index contributed by atoms with van der Waals surface area (Å²) in [5.74, 6) is 1.85. The van der Waals surface area contributed by atoms with Crippen molar-refractivity contribution in [3.05, 3.63) is 37.2 Å². The van der Waals surface area contributed by atoms with Crippen molar-refractivity contribution in [1.82, 2.24) is 24.5 Å². The third-order valence-electron chi connectivity index (χ3n) is 5.59. The summed E-state index contributed by atoms with van der Waals surface area (Å²) in [6, 6.07) is 2.11. The first-order valence-corrected chi connectivity index (χ1v) is 8.48. The maximum Gasteiger partial charge on any atom is 0.227 e. The standard InChI is InChI=1S/C17H20N6O/c24-15-6-13-9-23(17-20-7-11-1-2-19-16(11)21-17)8-12(13)5-14(15)22-4-3-18-10-22/h1-4,7,10,12-15,24H,5-6,8-9H2,(H,19,20,21)/t12-,13+,14-,15-/m1/s1. The molecular formula is C17H20N6O. The van der Waals surface area contributed by atoms with Gasteiger partial charge >= 0.3 is 0 Å². The van der Waals surface area contributed by atoms with Gasteiger partial charge in [-0.25, -0.2) is 9.97 Å². The molecule has 124 valence electrons. The third kappa shape index (κ3) is 2.19. The van der Waals surface area contributed by atoms with Gasteiger partial charge in [0.1, 0.15) is 5.65 Å². The topological polar surface area (TPSA) is 82.9 Å². The smallest absolute Gasteiger partial charge is 0.227 e. The normalized spacial score (nSPS) is 30.0. The van der Waals surface area contributed by atoms with E-state index in [4.69, 9.17) is 0 Å². The molecule has 2 aliphatic rings. The number of aliphatic hydroxyl groups excluding tert-OH is 1. The Morgan fingerprint density at radius 3 is 2.92 bits per heavy atom. The molecule has 0 radical (unpaired) electrons. The van der Waals surface area contributed by atoms with Gasteiger partial charge in [0.2, 0.25) is 5.95 Å². The van der Waals surface area contributed by atoms with Gasteiger partial charge in [-0.05, 0) is 30.7 Å². The second-order valence-electron chi connectivity index (χ2n) is 6.99. The average molecular weight is 324 g/mol. The SMILES string of the molecule is O[C@@H]1C[C@H]2CN(c3ncc4cc[nH]c4n3)C[C@H]2C[C@H]1n1ccnc1. The van der Waals surface area contributed by atoms with Gasteiger partial charge in [-0.2, -0.15) is 4.98 Å². The first-order chi connectivity index (χ1) is 11.8. The summed E-state index contributed by atoms with van der Waals surface area (Å²) in [5.41, 5.74) is 0.881. The molecule has 1 saturated carbocycles. The summed E-state index contributed by atoms with van der Waals surface area (Å²) in [7, 11) is 0. The van der Waals surface area contributed by atoms with E-state index in [1.54, 1.807) is 6.20 Å². The van der Waals surface area contributed by atoms with E-state index in [1.807, 2.05) is 35.6 Å². The van der Waals surface area contributed by atoms with Gasteiger partial charge in [0.15, 0.2) is 0 Å². The molecule has 7 nitrogen and oxygen atoms in total. The van der Waals surface area contributed by atoms with Crippen molar-refractivity contribution in [3.8, 4) is 0 Å². The van der Waals surface area contributed by atoms with Gasteiger partial charge in [0.05, 0.1) is 18.5 Å². The molecule has 0 bridgehead atoms. The number of fused-ring (bicyclic) bond motifs is 2. The molecule has 4 atom stereocenters. The molecule has 4 heterocycles. The Bertz CT molecular complexity index is 844. The quantitative estimate of drug-likeness (QED) is 0.748. The molecule has 3 aromatic heterocycles. The summed E-state index contributed by atoms with van der Waals surface area (Å²) in [6.45, 7) is 1.87. The Hall–Kier alpha value is -2.41. The Kier molecular flexibility index (Phi) is 3.09. The van der Waals surface area contributed by atoms with E-state index in [0.29, 0.717) is 11.8 Å². The molecule has 3 aromatic rings. The molecule has 0 aromatic carbocycles. The molecule has 0 spiro atoms. The molecule has 24 heavy (non-hydrogen) atoms. The van der Waals surface area contributed by atoms with Crippen molar-refractivity contribution in [3.63, 3.8) is 0 Å². The summed E-state index contributed by atoms with van der Waals surface area (Å²) in [5, 5.41) is 11.6. The minimum Gasteiger partial charge on any atom is -0.391 e. The van der Waals surface area contributed by atoms with Crippen molar-refractivity contribution in [2.75, 3.05) is 18.0 Å². The fourth-order valence-corrected chi connectivity index (χ4v) is 4.34. The highest BCUT2D eigenvalue weighted by molar-refractivity contribution is 5.75. The van der Waals surface area contributed by atoms with E-state index in [2.05, 4.69) is 24.8 Å². The fourth-order valence-electron chi connectivity index (χ4n) is 4.34. The minimum atomic E-state index is -0.313. The number of hydrogen-bond acceptors (Lipinski definition) is 5. The van der Waals surface area contributed by atoms with Crippen LogP contribution < -0.4 is 4.90 Å². The van der Waals surface area contributed by atoms with Gasteiger partial charge in [0, 0.05) is 43.3 Å². The molecule has 0 amide bonds. The van der Waals surface area contributed by atoms with E-state index >= 15 is 0 Å². The van der Waals surface area contributed by atoms with Crippen LogP contribution in [0.5, 0.6) is 0 Å². The van der Waals surface area contributed by atoms with Crippen molar-refractivity contribution >= 4 is 17.0 Å². The Morgan fingerprint density at radius 2 is 2.08 bits per heavy atom. The van der Waals surface area contributed by atoms with E-state index in [1.165, 1.54) is 0 Å². The molecule has 5 rings (SSSR count). The molecule has 7 heteroatoms. The lowest BCUT2D eigenvalue weighted by atomic mass is 9.77. The van der Waals surface area contributed by atoms with Crippen LogP contribution in [0.3, 0.4) is 0 Å². The number of rotatable bonds is 2. The van der Waals surface area contributed by atoms with Crippen LogP contribution in [0, 0.1) is 11.8 Å². The Balaban J connectivity index is 1.38. The van der Waals surface area contributed by atoms with Crippen molar-refractivity contribution in [1.29, 1.82) is 0 Å². The van der Waals surface area contributed by atoms with Crippen LogP contribution in [0.2, 0.25) is 0 Å². The van der Waals surface area contributed by atoms with Gasteiger partial charge in [-0.3, -0.25) is 0 Å². The van der Waals surface area contributed by atoms with Crippen molar-refractivity contribution in [2.24, 2.45) is 11.8 Å². The second kappa shape index (κ2) is 5.31. The summed E-state index contributed by atoms with van der Waals surface area (Å²) < 4.78 is 2.05. The number of imidazole rings is 1. The minimum absolute atomic E-state index is 0.125. The largest absolute Gasteiger partial charge is 0.391 e. The lowest BCUT2D eigenvalue weighted by molar-refractivity contribution is 0.0358. The first kappa shape index (κ1) is 14.0. The molecule has 1 saturated heterocycles. The predicted octanol–water partition coefficient (Wildman–Crippen LogP) is 1.60. The molecule has 2 N–H and O–H groups in total. The lowest BCUT2D eigenvalue weighted by Gasteiger charge is -2.35. The van der Waals surface area contributed by atoms with Crippen molar-refractivity contribution in [2.45, 2.75) is 25.0 Å². The number of anilines is 1. The number of aromatic nitrogens is 5. The van der Waals surface area contributed by atoms with Crippen LogP contribution >= 0.6 is 0 Å². The van der Waals surface area contributed by atoms with Crippen LogP contribution in [0.25, 0.3) is 11.0 Å². The first-order valence-electron chi connectivity index (χ1n) is 8.48. The van der Waals surface area contributed by atoms with Gasteiger partial charge in [-0.15, -0.1) is 0 Å². The number of nitrogens with zero attached hydrogens (tertiary/aromatic N) is 5. The van der Waals surface area contributed by atoms with Gasteiger partial charge in [-0.1, -0.05) is 0 Å². The van der Waals surface area contributed by atoms with E-state index in [9.17, 15) is 5.11 Å². The van der Waals surface area contributed by atoms with Crippen LogP contribution in [0.4, 0.5) is 5.95 Å². The maximum atomic E-state index is 10.6. The van der Waals surface area contributed by atoms with Crippen LogP contribution in [-0.2, 0) is 0 Å². The van der Waals surface area contributed by atoms with E-state index < -0.39 is 0 Å². The molecule has 1 aliphatic carbocycles. The molecule has 0 unspecified atom stereocenters. The third-order valence-corrected chi connectivity index (χ3v) is 5.59. The fraction of sp³-hybridized carbons (Fsp3) is 0.471. The predicted molar refractivity (Wildman–Crippen MR) is 89.6 cm³/mol. The van der Waals surface area contributed by atoms with Crippen LogP contribution in [-0.4, -0.2) is 48.8 Å². The molecule has 1 aliphatic heterocycles. The highest BCUT2D eigenvalue weighted by Gasteiger charge is 2.42. The second-order valence-corrected chi connectivity index (χ2v) is 6.99. The van der Waals surface area contributed by atoms with Crippen molar-refractivity contribution < 1.29 is 5.11 Å². The lowest BCUT2D eigenvalue weighted by Crippen LogP contribution is -2.35. The number of H-pyrrole nitrogens is 1. The summed E-state index contributed by atoms with van der Waals surface area (Å²) in [6.07, 6.45) is 10.8. The number of hydrogen-bond donors (Lipinski definition) is 2. The van der Waals surface area contributed by atoms with Crippen LogP contribution in [0.15, 0.2) is 37.2 Å². The summed E-state index contributed by atoms with van der Waals surface area (Å²) >= 11 is 0. The van der Waals surface area contributed by atoms with E-state index in [-0.39, 0.29) is 12.1 Å². The zero-order chi connectivity index (χ0) is 16.1. The monoisotopic (exact) mass is 324 g/mol. The zero-order valence-electron chi connectivity index (χ0n) is 13.3. The number of nitrogens with one attached hydrogen (secondary N) is 1. The summed E-state index contributed by atoms with van der Waals surface area (Å²) in [4.78, 5) is 18.7. The number of aromatic amines is 1. The molecule has 2 fully saturated rings. The highest BCUT2D eigenvalue weighted by Crippen LogP contribution is 2.42. The van der Waals surface area contributed by atoms with Crippen LogP contribution in [0.1, 0.15) is 18.9 Å². The zero-order valence-corrected chi connectivity index (χ0v) is 13.3. The van der Waals surface area contributed by atoms with E-state index in [0.717, 1.165) is 42.9 Å². The highest BCUT2D eigenvalue weighted by atomic mass is 16.3. The van der Waals surface area contributed by atoms with Gasteiger partial charge < -0.3 is 19.6 Å². The number of aliphatic hydroxyl groups is 1. The Labute approximate surface area is 139 Å². The molecular weight excluding hydrogens is 304 g/mol.